The number of carbonyl (C=O) groups excluding carboxylic acids is 4. The van der Waals surface area contributed by atoms with Gasteiger partial charge in [-0.05, 0) is 31.6 Å². The Kier molecular flexibility index (Phi) is 66.8. The number of carbonyl (C=O) groups is 4. The average molecular weight is 1380 g/mol. The molecule has 0 bridgehead atoms. The zero-order valence-electron chi connectivity index (χ0n) is 61.1. The summed E-state index contributed by atoms with van der Waals surface area (Å²) >= 11 is 0. The summed E-state index contributed by atoms with van der Waals surface area (Å²) in [6, 6.07) is 0. The summed E-state index contributed by atoms with van der Waals surface area (Å²) in [6.07, 6.45) is 56.6. The van der Waals surface area contributed by atoms with Gasteiger partial charge >= 0.3 is 39.5 Å². The number of phosphoric ester groups is 2. The molecular weight excluding hydrogens is 1230 g/mol. The molecule has 0 aliphatic heterocycles. The SMILES string of the molecule is CCCCCCCCCCCCCCCC(=O)OC[C@H](COP(=O)(O)OC[C@@H](O)COP(=O)(O)OC[C@@H](COC(=O)CCCCCCCCCCCCCC)OC(=O)CCCCCCCCCCCCCC)OC(=O)CCCCCCCCCCCCCCCCC(C)C. The molecule has 0 aliphatic carbocycles. The zero-order valence-corrected chi connectivity index (χ0v) is 62.9. The molecule has 0 saturated heterocycles. The monoisotopic (exact) mass is 1380 g/mol. The van der Waals surface area contributed by atoms with Crippen molar-refractivity contribution in [3.05, 3.63) is 0 Å². The summed E-state index contributed by atoms with van der Waals surface area (Å²) < 4.78 is 68.5. The van der Waals surface area contributed by atoms with Crippen LogP contribution in [0.3, 0.4) is 0 Å². The van der Waals surface area contributed by atoms with E-state index in [-0.39, 0.29) is 25.7 Å². The Balaban J connectivity index is 5.25. The van der Waals surface area contributed by atoms with Gasteiger partial charge in [-0.25, -0.2) is 9.13 Å². The minimum Gasteiger partial charge on any atom is -0.462 e. The number of hydrogen-bond donors (Lipinski definition) is 3. The van der Waals surface area contributed by atoms with E-state index in [1.54, 1.807) is 0 Å². The fourth-order valence-electron chi connectivity index (χ4n) is 11.5. The van der Waals surface area contributed by atoms with E-state index in [0.29, 0.717) is 25.7 Å². The Labute approximate surface area is 575 Å². The summed E-state index contributed by atoms with van der Waals surface area (Å²) in [5.74, 6) is -1.32. The Morgan fingerprint density at radius 1 is 0.287 bits per heavy atom. The lowest BCUT2D eigenvalue weighted by Gasteiger charge is -2.21. The van der Waals surface area contributed by atoms with Gasteiger partial charge in [0.15, 0.2) is 12.2 Å². The van der Waals surface area contributed by atoms with Crippen molar-refractivity contribution in [2.24, 2.45) is 5.92 Å². The van der Waals surface area contributed by atoms with Crippen LogP contribution in [0, 0.1) is 5.92 Å². The van der Waals surface area contributed by atoms with Crippen molar-refractivity contribution in [3.63, 3.8) is 0 Å². The largest absolute Gasteiger partial charge is 0.472 e. The maximum absolute atomic E-state index is 13.1. The second kappa shape index (κ2) is 68.2. The lowest BCUT2D eigenvalue weighted by atomic mass is 10.0. The van der Waals surface area contributed by atoms with Gasteiger partial charge in [-0.3, -0.25) is 37.3 Å². The Bertz CT molecular complexity index is 1810. The summed E-state index contributed by atoms with van der Waals surface area (Å²) in [4.78, 5) is 72.8. The number of hydrogen-bond acceptors (Lipinski definition) is 15. The maximum atomic E-state index is 13.1. The molecule has 3 N–H and O–H groups in total. The molecular formula is C75H146O17P2. The van der Waals surface area contributed by atoms with Gasteiger partial charge in [-0.15, -0.1) is 0 Å². The number of ether oxygens (including phenoxy) is 4. The molecule has 0 aromatic carbocycles. The van der Waals surface area contributed by atoms with E-state index < -0.39 is 97.5 Å². The van der Waals surface area contributed by atoms with Crippen molar-refractivity contribution in [1.29, 1.82) is 0 Å². The maximum Gasteiger partial charge on any atom is 0.472 e. The number of esters is 4. The van der Waals surface area contributed by atoms with E-state index in [4.69, 9.17) is 37.0 Å². The van der Waals surface area contributed by atoms with Crippen molar-refractivity contribution in [3.8, 4) is 0 Å². The number of rotatable bonds is 75. The smallest absolute Gasteiger partial charge is 0.462 e. The van der Waals surface area contributed by atoms with Crippen LogP contribution in [0.2, 0.25) is 0 Å². The molecule has 0 rings (SSSR count). The molecule has 19 heteroatoms. The van der Waals surface area contributed by atoms with Crippen LogP contribution in [-0.2, 0) is 65.4 Å². The van der Waals surface area contributed by atoms with Crippen LogP contribution < -0.4 is 0 Å². The predicted molar refractivity (Wildman–Crippen MR) is 382 cm³/mol. The Hall–Kier alpha value is -1.94. The molecule has 5 atom stereocenters. The first kappa shape index (κ1) is 92.1. The summed E-state index contributed by atoms with van der Waals surface area (Å²) in [6.45, 7) is 7.31. The van der Waals surface area contributed by atoms with E-state index in [1.165, 1.54) is 218 Å². The van der Waals surface area contributed by atoms with Crippen LogP contribution in [0.15, 0.2) is 0 Å². The minimum absolute atomic E-state index is 0.108. The summed E-state index contributed by atoms with van der Waals surface area (Å²) in [5.41, 5.74) is 0. The molecule has 0 aromatic heterocycles. The molecule has 0 spiro atoms. The highest BCUT2D eigenvalue weighted by Gasteiger charge is 2.30. The molecule has 0 amide bonds. The van der Waals surface area contributed by atoms with Crippen LogP contribution in [0.1, 0.15) is 394 Å². The third-order valence-corrected chi connectivity index (χ3v) is 19.4. The highest BCUT2D eigenvalue weighted by Crippen LogP contribution is 2.45. The number of aliphatic hydroxyl groups is 1. The lowest BCUT2D eigenvalue weighted by Crippen LogP contribution is -2.30. The van der Waals surface area contributed by atoms with Crippen molar-refractivity contribution in [1.82, 2.24) is 0 Å². The molecule has 558 valence electrons. The van der Waals surface area contributed by atoms with Gasteiger partial charge in [0.05, 0.1) is 26.4 Å². The van der Waals surface area contributed by atoms with Crippen LogP contribution in [0.5, 0.6) is 0 Å². The fourth-order valence-corrected chi connectivity index (χ4v) is 13.1. The first-order valence-electron chi connectivity index (χ1n) is 39.1. The first-order valence-corrected chi connectivity index (χ1v) is 42.1. The molecule has 0 saturated carbocycles. The second-order valence-corrected chi connectivity index (χ2v) is 30.4. The Morgan fingerprint density at radius 3 is 0.723 bits per heavy atom. The molecule has 17 nitrogen and oxygen atoms in total. The standard InChI is InChI=1S/C75H146O17P2/c1-6-9-12-15-18-21-24-29-35-39-44-49-54-59-73(78)86-65-71(92-75(80)61-56-51-46-41-36-31-28-27-30-32-37-42-47-52-57-68(4)5)67-90-94(83,84)88-63-69(76)62-87-93(81,82)89-66-70(91-74(79)60-55-50-45-40-34-26-23-20-17-14-11-8-3)64-85-72(77)58-53-48-43-38-33-25-22-19-16-13-10-7-2/h68-71,76H,6-67H2,1-5H3,(H,81,82)(H,83,84)/t69-,70+,71+/m0/s1. The fraction of sp³-hybridized carbons (Fsp3) is 0.947. The minimum atomic E-state index is -4.96. The van der Waals surface area contributed by atoms with Crippen molar-refractivity contribution >= 4 is 39.5 Å². The van der Waals surface area contributed by atoms with Crippen molar-refractivity contribution < 1.29 is 80.2 Å². The van der Waals surface area contributed by atoms with Gasteiger partial charge in [-0.1, -0.05) is 343 Å². The van der Waals surface area contributed by atoms with Gasteiger partial charge in [0, 0.05) is 25.7 Å². The lowest BCUT2D eigenvalue weighted by molar-refractivity contribution is -0.161. The van der Waals surface area contributed by atoms with Gasteiger partial charge in [0.25, 0.3) is 0 Å². The molecule has 0 radical (unpaired) electrons. The third kappa shape index (κ3) is 68.6. The quantitative estimate of drug-likeness (QED) is 0.0222. The van der Waals surface area contributed by atoms with Crippen molar-refractivity contribution in [2.75, 3.05) is 39.6 Å². The number of unbranched alkanes of at least 4 members (excludes halogenated alkanes) is 47. The van der Waals surface area contributed by atoms with Gasteiger partial charge in [0.2, 0.25) is 0 Å². The molecule has 0 aromatic rings. The van der Waals surface area contributed by atoms with E-state index in [0.717, 1.165) is 95.8 Å². The van der Waals surface area contributed by atoms with E-state index >= 15 is 0 Å². The highest BCUT2D eigenvalue weighted by molar-refractivity contribution is 7.47. The number of phosphoric acid groups is 2. The topological polar surface area (TPSA) is 237 Å². The number of aliphatic hydroxyl groups excluding tert-OH is 1. The van der Waals surface area contributed by atoms with Gasteiger partial charge in [-0.2, -0.15) is 0 Å². The molecule has 0 fully saturated rings. The average Bonchev–Trinajstić information content (AvgIpc) is 1.98. The first-order chi connectivity index (χ1) is 45.5. The van der Waals surface area contributed by atoms with Crippen LogP contribution in [-0.4, -0.2) is 96.7 Å². The third-order valence-electron chi connectivity index (χ3n) is 17.5. The highest BCUT2D eigenvalue weighted by atomic mass is 31.2. The van der Waals surface area contributed by atoms with E-state index in [1.807, 2.05) is 0 Å². The summed E-state index contributed by atoms with van der Waals surface area (Å²) in [7, 11) is -9.91. The predicted octanol–water partition coefficient (Wildman–Crippen LogP) is 22.1. The molecule has 2 unspecified atom stereocenters. The van der Waals surface area contributed by atoms with Crippen molar-refractivity contribution in [2.45, 2.75) is 412 Å². The van der Waals surface area contributed by atoms with E-state index in [9.17, 15) is 43.2 Å². The van der Waals surface area contributed by atoms with Crippen LogP contribution in [0.4, 0.5) is 0 Å². The van der Waals surface area contributed by atoms with Gasteiger partial charge in [0.1, 0.15) is 19.3 Å². The molecule has 0 heterocycles. The van der Waals surface area contributed by atoms with Crippen LogP contribution in [0.25, 0.3) is 0 Å². The van der Waals surface area contributed by atoms with Gasteiger partial charge < -0.3 is 33.8 Å². The van der Waals surface area contributed by atoms with E-state index in [2.05, 4.69) is 34.6 Å². The molecule has 94 heavy (non-hydrogen) atoms. The van der Waals surface area contributed by atoms with Crippen LogP contribution >= 0.6 is 15.6 Å². The second-order valence-electron chi connectivity index (χ2n) is 27.5. The zero-order chi connectivity index (χ0) is 69.1. The Morgan fingerprint density at radius 2 is 0.489 bits per heavy atom. The normalized spacial score (nSPS) is 14.0. The summed E-state index contributed by atoms with van der Waals surface area (Å²) in [5, 5.41) is 10.6. The molecule has 0 aliphatic rings.